The Hall–Kier alpha value is -3.67. The number of nitrogens with zero attached hydrogens (tertiary/aromatic N) is 3. The Labute approximate surface area is 175 Å². The zero-order chi connectivity index (χ0) is 20.9. The average molecular weight is 401 g/mol. The molecule has 4 aromatic rings. The van der Waals surface area contributed by atoms with Crippen LogP contribution in [0.25, 0.3) is 22.3 Å². The maximum absolute atomic E-state index is 5.89. The van der Waals surface area contributed by atoms with E-state index < -0.39 is 0 Å². The predicted molar refractivity (Wildman–Crippen MR) is 116 cm³/mol. The summed E-state index contributed by atoms with van der Waals surface area (Å²) in [4.78, 5) is 13.7. The van der Waals surface area contributed by atoms with Gasteiger partial charge in [0.15, 0.2) is 5.82 Å². The number of fused-ring (bicyclic) bond motifs is 1. The van der Waals surface area contributed by atoms with Gasteiger partial charge in [-0.25, -0.2) is 9.97 Å². The number of rotatable bonds is 7. The van der Waals surface area contributed by atoms with E-state index in [0.717, 1.165) is 33.6 Å². The molecule has 0 fully saturated rings. The quantitative estimate of drug-likeness (QED) is 0.416. The first-order valence-corrected chi connectivity index (χ1v) is 9.73. The highest BCUT2D eigenvalue weighted by molar-refractivity contribution is 5.87. The van der Waals surface area contributed by atoms with E-state index in [1.807, 2.05) is 68.4 Å². The summed E-state index contributed by atoms with van der Waals surface area (Å²) in [6.45, 7) is 4.77. The van der Waals surface area contributed by atoms with Crippen LogP contribution < -0.4 is 14.2 Å². The van der Waals surface area contributed by atoms with Crippen LogP contribution in [0, 0.1) is 13.8 Å². The number of methoxy groups -OCH3 is 1. The van der Waals surface area contributed by atoms with E-state index >= 15 is 0 Å². The number of aromatic nitrogens is 3. The van der Waals surface area contributed by atoms with Crippen LogP contribution in [0.15, 0.2) is 60.8 Å². The lowest BCUT2D eigenvalue weighted by molar-refractivity contribution is 0.217. The van der Waals surface area contributed by atoms with Crippen molar-refractivity contribution >= 4 is 10.9 Å². The van der Waals surface area contributed by atoms with Gasteiger partial charge in [-0.2, -0.15) is 0 Å². The van der Waals surface area contributed by atoms with E-state index in [4.69, 9.17) is 19.2 Å². The SMILES string of the molecule is COc1cc(OCCOc2ccccc2)cc2nc(-c3cc(C)nc(C)c3)ncc12. The smallest absolute Gasteiger partial charge is 0.159 e. The predicted octanol–water partition coefficient (Wildman–Crippen LogP) is 4.78. The van der Waals surface area contributed by atoms with Crippen molar-refractivity contribution < 1.29 is 14.2 Å². The Bertz CT molecular complexity index is 1140. The molecule has 0 saturated heterocycles. The third-order valence-electron chi connectivity index (χ3n) is 4.56. The van der Waals surface area contributed by atoms with E-state index in [2.05, 4.69) is 9.97 Å². The number of hydrogen-bond acceptors (Lipinski definition) is 6. The molecule has 0 saturated carbocycles. The average Bonchev–Trinajstić information content (AvgIpc) is 2.75. The molecule has 0 spiro atoms. The Balaban J connectivity index is 1.56. The molecule has 4 rings (SSSR count). The molecule has 0 aliphatic carbocycles. The van der Waals surface area contributed by atoms with Crippen LogP contribution in [0.2, 0.25) is 0 Å². The van der Waals surface area contributed by atoms with Crippen LogP contribution in [0.4, 0.5) is 0 Å². The fourth-order valence-electron chi connectivity index (χ4n) is 3.27. The molecule has 0 unspecified atom stereocenters. The van der Waals surface area contributed by atoms with Crippen LogP contribution >= 0.6 is 0 Å². The minimum atomic E-state index is 0.407. The normalized spacial score (nSPS) is 10.8. The maximum atomic E-state index is 5.89. The fourth-order valence-corrected chi connectivity index (χ4v) is 3.27. The van der Waals surface area contributed by atoms with Gasteiger partial charge in [0.2, 0.25) is 0 Å². The van der Waals surface area contributed by atoms with E-state index in [9.17, 15) is 0 Å². The van der Waals surface area contributed by atoms with Crippen LogP contribution in [-0.4, -0.2) is 35.3 Å². The molecule has 30 heavy (non-hydrogen) atoms. The Morgan fingerprint density at radius 3 is 2.20 bits per heavy atom. The van der Waals surface area contributed by atoms with Crippen molar-refractivity contribution in [2.45, 2.75) is 13.8 Å². The molecule has 0 atom stereocenters. The van der Waals surface area contributed by atoms with Crippen LogP contribution in [0.3, 0.4) is 0 Å². The lowest BCUT2D eigenvalue weighted by Crippen LogP contribution is -2.09. The van der Waals surface area contributed by atoms with E-state index in [1.54, 1.807) is 13.3 Å². The highest BCUT2D eigenvalue weighted by atomic mass is 16.5. The summed E-state index contributed by atoms with van der Waals surface area (Å²) in [6, 6.07) is 17.4. The summed E-state index contributed by atoms with van der Waals surface area (Å²) in [7, 11) is 1.63. The molecule has 2 aromatic heterocycles. The zero-order valence-corrected chi connectivity index (χ0v) is 17.3. The standard InChI is InChI=1S/C24H23N3O3/c1-16-11-18(12-17(2)26-16)24-25-15-21-22(27-24)13-20(14-23(21)28-3)30-10-9-29-19-7-5-4-6-8-19/h4-8,11-15H,9-10H2,1-3H3. The van der Waals surface area contributed by atoms with E-state index in [0.29, 0.717) is 30.5 Å². The van der Waals surface area contributed by atoms with Gasteiger partial charge in [-0.3, -0.25) is 4.98 Å². The molecular weight excluding hydrogens is 378 g/mol. The number of benzene rings is 2. The number of aryl methyl sites for hydroxylation is 2. The fraction of sp³-hybridized carbons (Fsp3) is 0.208. The minimum absolute atomic E-state index is 0.407. The Morgan fingerprint density at radius 2 is 1.50 bits per heavy atom. The van der Waals surface area contributed by atoms with Gasteiger partial charge < -0.3 is 14.2 Å². The molecular formula is C24H23N3O3. The van der Waals surface area contributed by atoms with E-state index in [1.165, 1.54) is 0 Å². The second-order valence-corrected chi connectivity index (χ2v) is 6.90. The van der Waals surface area contributed by atoms with E-state index in [-0.39, 0.29) is 0 Å². The summed E-state index contributed by atoms with van der Waals surface area (Å²) in [6.07, 6.45) is 1.78. The van der Waals surface area contributed by atoms with Gasteiger partial charge in [-0.15, -0.1) is 0 Å². The molecule has 6 heteroatoms. The summed E-state index contributed by atoms with van der Waals surface area (Å²) in [5.74, 6) is 2.79. The number of pyridine rings is 1. The Kier molecular flexibility index (Phi) is 5.75. The largest absolute Gasteiger partial charge is 0.496 e. The number of hydrogen-bond donors (Lipinski definition) is 0. The monoisotopic (exact) mass is 401 g/mol. The van der Waals surface area contributed by atoms with Gasteiger partial charge in [0, 0.05) is 35.3 Å². The molecule has 0 amide bonds. The van der Waals surface area contributed by atoms with Gasteiger partial charge in [-0.05, 0) is 38.1 Å². The Morgan fingerprint density at radius 1 is 0.800 bits per heavy atom. The van der Waals surface area contributed by atoms with Crippen molar-refractivity contribution in [1.82, 2.24) is 15.0 Å². The van der Waals surface area contributed by atoms with Crippen molar-refractivity contribution in [3.05, 3.63) is 72.2 Å². The molecule has 2 heterocycles. The highest BCUT2D eigenvalue weighted by Crippen LogP contribution is 2.31. The second kappa shape index (κ2) is 8.78. The maximum Gasteiger partial charge on any atom is 0.159 e. The summed E-state index contributed by atoms with van der Waals surface area (Å²) in [5.41, 5.74) is 3.55. The molecule has 2 aromatic carbocycles. The van der Waals surface area contributed by atoms with Crippen LogP contribution in [0.5, 0.6) is 17.2 Å². The van der Waals surface area contributed by atoms with Gasteiger partial charge in [0.1, 0.15) is 30.5 Å². The molecule has 0 aliphatic rings. The lowest BCUT2D eigenvalue weighted by Gasteiger charge is -2.12. The molecule has 0 aliphatic heterocycles. The molecule has 152 valence electrons. The van der Waals surface area contributed by atoms with Crippen LogP contribution in [0.1, 0.15) is 11.4 Å². The first-order chi connectivity index (χ1) is 14.6. The summed E-state index contributed by atoms with van der Waals surface area (Å²) < 4.78 is 17.1. The molecule has 0 N–H and O–H groups in total. The van der Waals surface area contributed by atoms with Crippen molar-refractivity contribution in [2.24, 2.45) is 0 Å². The summed E-state index contributed by atoms with van der Waals surface area (Å²) >= 11 is 0. The van der Waals surface area contributed by atoms with Crippen molar-refractivity contribution in [1.29, 1.82) is 0 Å². The number of para-hydroxylation sites is 1. The van der Waals surface area contributed by atoms with Crippen molar-refractivity contribution in [3.63, 3.8) is 0 Å². The molecule has 0 radical (unpaired) electrons. The summed E-state index contributed by atoms with van der Waals surface area (Å²) in [5, 5.41) is 0.830. The topological polar surface area (TPSA) is 66.4 Å². The van der Waals surface area contributed by atoms with Crippen molar-refractivity contribution in [3.8, 4) is 28.6 Å². The molecule has 0 bridgehead atoms. The van der Waals surface area contributed by atoms with Crippen molar-refractivity contribution in [2.75, 3.05) is 20.3 Å². The third kappa shape index (κ3) is 4.49. The first-order valence-electron chi connectivity index (χ1n) is 9.73. The minimum Gasteiger partial charge on any atom is -0.496 e. The number of ether oxygens (including phenoxy) is 3. The van der Waals surface area contributed by atoms with Gasteiger partial charge >= 0.3 is 0 Å². The second-order valence-electron chi connectivity index (χ2n) is 6.90. The lowest BCUT2D eigenvalue weighted by atomic mass is 10.1. The first kappa shape index (κ1) is 19.6. The van der Waals surface area contributed by atoms with Gasteiger partial charge in [-0.1, -0.05) is 18.2 Å². The zero-order valence-electron chi connectivity index (χ0n) is 17.3. The highest BCUT2D eigenvalue weighted by Gasteiger charge is 2.11. The third-order valence-corrected chi connectivity index (χ3v) is 4.56. The van der Waals surface area contributed by atoms with Gasteiger partial charge in [0.25, 0.3) is 0 Å². The molecule has 6 nitrogen and oxygen atoms in total. The van der Waals surface area contributed by atoms with Gasteiger partial charge in [0.05, 0.1) is 18.0 Å². The van der Waals surface area contributed by atoms with Crippen LogP contribution in [-0.2, 0) is 0 Å².